The average Bonchev–Trinajstić information content (AvgIpc) is 2.01. The molecular weight excluding hydrogens is 301 g/mol. The van der Waals surface area contributed by atoms with E-state index in [1.54, 1.807) is 0 Å². The first kappa shape index (κ1) is 20.5. The molecule has 2 N–H and O–H groups in total. The summed E-state index contributed by atoms with van der Waals surface area (Å²) in [5, 5.41) is 16.6. The molecule has 0 aromatic carbocycles. The second-order valence-electron chi connectivity index (χ2n) is 3.06. The van der Waals surface area contributed by atoms with Crippen LogP contribution in [0, 0.1) is 0 Å². The van der Waals surface area contributed by atoms with Crippen molar-refractivity contribution in [2.75, 3.05) is 0 Å². The van der Waals surface area contributed by atoms with Gasteiger partial charge in [-0.25, -0.2) is 0 Å². The zero-order valence-electron chi connectivity index (χ0n) is 8.67. The molecule has 0 saturated carbocycles. The Hall–Kier alpha value is 0.0829. The first-order valence-corrected chi connectivity index (χ1v) is 4.56. The molecule has 6 heteroatoms. The number of rotatable bonds is 8. The minimum absolute atomic E-state index is 0. The van der Waals surface area contributed by atoms with Crippen LogP contribution >= 0.6 is 0 Å². The molecule has 0 aromatic rings. The third-order valence-corrected chi connectivity index (χ3v) is 1.78. The van der Waals surface area contributed by atoms with Crippen LogP contribution in [-0.2, 0) is 46.1 Å². The quantitative estimate of drug-likeness (QED) is 0.529. The van der Waals surface area contributed by atoms with Gasteiger partial charge in [-0.15, -0.1) is 0 Å². The van der Waals surface area contributed by atoms with Crippen LogP contribution in [0.3, 0.4) is 0 Å². The van der Waals surface area contributed by atoms with Crippen molar-refractivity contribution < 1.29 is 56.3 Å². The summed E-state index contributed by atoms with van der Waals surface area (Å²) in [6.07, 6.45) is 4.53. The maximum atomic E-state index is 10.1. The van der Waals surface area contributed by atoms with E-state index < -0.39 is 11.9 Å². The maximum Gasteiger partial charge on any atom is 2.00 e. The molecule has 0 rings (SSSR count). The fourth-order valence-electron chi connectivity index (χ4n) is 1.08. The third kappa shape index (κ3) is 20.2. The van der Waals surface area contributed by atoms with Gasteiger partial charge in [0.05, 0.1) is 0 Å². The summed E-state index contributed by atoms with van der Waals surface area (Å²) < 4.78 is 0. The van der Waals surface area contributed by atoms with E-state index in [2.05, 4.69) is 0 Å². The minimum atomic E-state index is -0.759. The predicted octanol–water partition coefficient (Wildman–Crippen LogP) is 1.88. The molecule has 0 saturated heterocycles. The van der Waals surface area contributed by atoms with Gasteiger partial charge in [0, 0.05) is 12.8 Å². The Labute approximate surface area is 113 Å². The van der Waals surface area contributed by atoms with Crippen LogP contribution in [0.4, 0.5) is 0 Å². The van der Waals surface area contributed by atoms with Crippen LogP contribution in [0.15, 0.2) is 0 Å². The SMILES string of the molecule is O=C(O)CCCCCCCC(=O)O.[Cu+2].[Zn+2]. The summed E-state index contributed by atoms with van der Waals surface area (Å²) in [6, 6.07) is 0. The van der Waals surface area contributed by atoms with Gasteiger partial charge >= 0.3 is 48.5 Å². The molecule has 0 aliphatic rings. The van der Waals surface area contributed by atoms with E-state index in [0.717, 1.165) is 19.3 Å². The molecule has 4 nitrogen and oxygen atoms in total. The van der Waals surface area contributed by atoms with Crippen molar-refractivity contribution in [1.29, 1.82) is 0 Å². The van der Waals surface area contributed by atoms with Crippen molar-refractivity contribution in [2.45, 2.75) is 44.9 Å². The number of carboxylic acid groups (broad SMARTS) is 2. The van der Waals surface area contributed by atoms with Crippen LogP contribution in [0.1, 0.15) is 44.9 Å². The first-order chi connectivity index (χ1) is 6.13. The molecule has 0 amide bonds. The van der Waals surface area contributed by atoms with Gasteiger partial charge in [-0.3, -0.25) is 9.59 Å². The third-order valence-electron chi connectivity index (χ3n) is 1.78. The minimum Gasteiger partial charge on any atom is -0.481 e. The Morgan fingerprint density at radius 2 is 1.00 bits per heavy atom. The first-order valence-electron chi connectivity index (χ1n) is 4.56. The number of aliphatic carboxylic acids is 2. The monoisotopic (exact) mass is 315 g/mol. The molecule has 0 fully saturated rings. The maximum absolute atomic E-state index is 10.1. The van der Waals surface area contributed by atoms with Gasteiger partial charge in [0.1, 0.15) is 0 Å². The van der Waals surface area contributed by atoms with Crippen LogP contribution in [0.25, 0.3) is 0 Å². The molecule has 85 valence electrons. The number of unbranched alkanes of at least 4 members (excludes halogenated alkanes) is 4. The molecule has 0 atom stereocenters. The summed E-state index contributed by atoms with van der Waals surface area (Å²) in [4.78, 5) is 20.2. The van der Waals surface area contributed by atoms with E-state index in [4.69, 9.17) is 10.2 Å². The van der Waals surface area contributed by atoms with E-state index in [-0.39, 0.29) is 49.4 Å². The summed E-state index contributed by atoms with van der Waals surface area (Å²) in [5.74, 6) is -1.52. The van der Waals surface area contributed by atoms with Gasteiger partial charge in [-0.05, 0) is 12.8 Å². The zero-order chi connectivity index (χ0) is 10.1. The van der Waals surface area contributed by atoms with Crippen molar-refractivity contribution in [1.82, 2.24) is 0 Å². The molecule has 0 bridgehead atoms. The van der Waals surface area contributed by atoms with E-state index >= 15 is 0 Å². The Morgan fingerprint density at radius 1 is 0.733 bits per heavy atom. The molecule has 1 radical (unpaired) electrons. The number of carboxylic acids is 2. The normalized spacial score (nSPS) is 8.53. The van der Waals surface area contributed by atoms with Crippen molar-refractivity contribution in [3.63, 3.8) is 0 Å². The standard InChI is InChI=1S/C9H16O4.Cu.Zn/c10-8(11)6-4-2-1-3-5-7-9(12)13;;/h1-7H2,(H,10,11)(H,12,13);;/q;2*+2. The van der Waals surface area contributed by atoms with Gasteiger partial charge in [-0.2, -0.15) is 0 Å². The second kappa shape index (κ2) is 14.1. The van der Waals surface area contributed by atoms with E-state index in [9.17, 15) is 9.59 Å². The van der Waals surface area contributed by atoms with Crippen LogP contribution < -0.4 is 0 Å². The van der Waals surface area contributed by atoms with Gasteiger partial charge in [0.2, 0.25) is 0 Å². The van der Waals surface area contributed by atoms with Crippen LogP contribution in [0.5, 0.6) is 0 Å². The van der Waals surface area contributed by atoms with Gasteiger partial charge in [0.15, 0.2) is 0 Å². The Bertz CT molecular complexity index is 157. The van der Waals surface area contributed by atoms with Crippen molar-refractivity contribution >= 4 is 11.9 Å². The number of hydrogen-bond acceptors (Lipinski definition) is 2. The van der Waals surface area contributed by atoms with Crippen molar-refractivity contribution in [3.8, 4) is 0 Å². The topological polar surface area (TPSA) is 74.6 Å². The summed E-state index contributed by atoms with van der Waals surface area (Å²) in [7, 11) is 0. The molecule has 0 heterocycles. The smallest absolute Gasteiger partial charge is 0.481 e. The Kier molecular flexibility index (Phi) is 19.2. The molecule has 0 aliphatic carbocycles. The van der Waals surface area contributed by atoms with E-state index in [1.165, 1.54) is 0 Å². The molecule has 0 unspecified atom stereocenters. The molecule has 0 spiro atoms. The van der Waals surface area contributed by atoms with Crippen LogP contribution in [0.2, 0.25) is 0 Å². The predicted molar refractivity (Wildman–Crippen MR) is 47.6 cm³/mol. The average molecular weight is 317 g/mol. The Morgan fingerprint density at radius 3 is 1.27 bits per heavy atom. The second-order valence-corrected chi connectivity index (χ2v) is 3.06. The number of hydrogen-bond donors (Lipinski definition) is 2. The summed E-state index contributed by atoms with van der Waals surface area (Å²) in [5.41, 5.74) is 0. The molecule has 0 aromatic heterocycles. The van der Waals surface area contributed by atoms with Crippen LogP contribution in [-0.4, -0.2) is 22.2 Å². The fourth-order valence-corrected chi connectivity index (χ4v) is 1.08. The van der Waals surface area contributed by atoms with E-state index in [1.807, 2.05) is 0 Å². The Balaban J connectivity index is -0.000000720. The van der Waals surface area contributed by atoms with Gasteiger partial charge in [-0.1, -0.05) is 19.3 Å². The fraction of sp³-hybridized carbons (Fsp3) is 0.778. The largest absolute Gasteiger partial charge is 2.00 e. The zero-order valence-corrected chi connectivity index (χ0v) is 12.6. The van der Waals surface area contributed by atoms with E-state index in [0.29, 0.717) is 12.8 Å². The van der Waals surface area contributed by atoms with Crippen molar-refractivity contribution in [3.05, 3.63) is 0 Å². The van der Waals surface area contributed by atoms with Gasteiger partial charge < -0.3 is 10.2 Å². The molecule has 0 aliphatic heterocycles. The summed E-state index contributed by atoms with van der Waals surface area (Å²) >= 11 is 0. The molecular formula is C9H16CuO4Zn+4. The number of carbonyl (C=O) groups is 2. The van der Waals surface area contributed by atoms with Gasteiger partial charge in [0.25, 0.3) is 0 Å². The summed E-state index contributed by atoms with van der Waals surface area (Å²) in [6.45, 7) is 0. The van der Waals surface area contributed by atoms with Crippen molar-refractivity contribution in [2.24, 2.45) is 0 Å². The molecule has 15 heavy (non-hydrogen) atoms.